The van der Waals surface area contributed by atoms with Crippen LogP contribution in [0.4, 0.5) is 19.6 Å². The molecule has 0 saturated heterocycles. The van der Waals surface area contributed by atoms with Gasteiger partial charge >= 0.3 is 5.97 Å². The highest BCUT2D eigenvalue weighted by atomic mass is 32.1. The summed E-state index contributed by atoms with van der Waals surface area (Å²) in [5, 5.41) is 13.8. The molecule has 1 aromatic heterocycles. The van der Waals surface area contributed by atoms with Crippen molar-refractivity contribution in [1.82, 2.24) is 4.98 Å². The van der Waals surface area contributed by atoms with Crippen molar-refractivity contribution in [1.29, 1.82) is 0 Å². The predicted molar refractivity (Wildman–Crippen MR) is 84.2 cm³/mol. The van der Waals surface area contributed by atoms with Crippen molar-refractivity contribution in [3.8, 4) is 11.3 Å². The van der Waals surface area contributed by atoms with Crippen molar-refractivity contribution >= 4 is 28.1 Å². The highest BCUT2D eigenvalue weighted by Gasteiger charge is 2.10. The van der Waals surface area contributed by atoms with E-state index in [-0.39, 0.29) is 11.3 Å². The molecule has 2 aromatic carbocycles. The van der Waals surface area contributed by atoms with E-state index in [4.69, 9.17) is 5.11 Å². The molecular formula is C16H10F2N2O2S. The number of aromatic carboxylic acids is 1. The normalized spacial score (nSPS) is 10.5. The number of hydrogen-bond donors (Lipinski definition) is 2. The smallest absolute Gasteiger partial charge is 0.335 e. The first kappa shape index (κ1) is 15.1. The number of hydrogen-bond acceptors (Lipinski definition) is 4. The monoisotopic (exact) mass is 332 g/mol. The van der Waals surface area contributed by atoms with E-state index >= 15 is 0 Å². The summed E-state index contributed by atoms with van der Waals surface area (Å²) in [6, 6.07) is 9.45. The van der Waals surface area contributed by atoms with Crippen molar-refractivity contribution in [2.45, 2.75) is 0 Å². The van der Waals surface area contributed by atoms with Gasteiger partial charge in [0.1, 0.15) is 11.6 Å². The molecule has 116 valence electrons. The minimum absolute atomic E-state index is 0.00909. The zero-order valence-corrected chi connectivity index (χ0v) is 12.4. The average molecular weight is 332 g/mol. The Morgan fingerprint density at radius 1 is 1.17 bits per heavy atom. The summed E-state index contributed by atoms with van der Waals surface area (Å²) in [6.07, 6.45) is 0. The Kier molecular flexibility index (Phi) is 4.03. The van der Waals surface area contributed by atoms with E-state index in [9.17, 15) is 13.6 Å². The molecule has 0 aliphatic carbocycles. The fourth-order valence-corrected chi connectivity index (χ4v) is 2.72. The maximum Gasteiger partial charge on any atom is 0.335 e. The number of nitrogens with one attached hydrogen (secondary N) is 1. The fourth-order valence-electron chi connectivity index (χ4n) is 1.98. The number of halogens is 2. The van der Waals surface area contributed by atoms with Gasteiger partial charge in [0.05, 0.1) is 16.9 Å². The molecule has 0 unspecified atom stereocenters. The van der Waals surface area contributed by atoms with Gasteiger partial charge in [0.15, 0.2) is 5.13 Å². The summed E-state index contributed by atoms with van der Waals surface area (Å²) in [7, 11) is 0. The summed E-state index contributed by atoms with van der Waals surface area (Å²) < 4.78 is 26.8. The van der Waals surface area contributed by atoms with Gasteiger partial charge in [0.2, 0.25) is 0 Å². The fraction of sp³-hybridized carbons (Fsp3) is 0. The van der Waals surface area contributed by atoms with Crippen molar-refractivity contribution in [2.24, 2.45) is 0 Å². The van der Waals surface area contributed by atoms with Gasteiger partial charge in [-0.05, 0) is 24.3 Å². The maximum atomic E-state index is 13.6. The lowest BCUT2D eigenvalue weighted by Gasteiger charge is -2.04. The predicted octanol–water partition coefficient (Wildman–Crippen LogP) is 4.53. The minimum atomic E-state index is -1.03. The molecule has 0 aliphatic rings. The second-order valence-corrected chi connectivity index (χ2v) is 5.53. The van der Waals surface area contributed by atoms with Gasteiger partial charge in [0, 0.05) is 17.0 Å². The van der Waals surface area contributed by atoms with Crippen molar-refractivity contribution < 1.29 is 18.7 Å². The molecule has 0 spiro atoms. The van der Waals surface area contributed by atoms with E-state index < -0.39 is 17.6 Å². The lowest BCUT2D eigenvalue weighted by atomic mass is 10.1. The first-order valence-corrected chi connectivity index (χ1v) is 7.42. The van der Waals surface area contributed by atoms with Crippen LogP contribution in [-0.4, -0.2) is 16.1 Å². The number of nitrogens with zero attached hydrogens (tertiary/aromatic N) is 1. The Bertz CT molecular complexity index is 880. The second-order valence-electron chi connectivity index (χ2n) is 4.67. The third kappa shape index (κ3) is 3.35. The second kappa shape index (κ2) is 6.13. The van der Waals surface area contributed by atoms with E-state index in [0.717, 1.165) is 18.2 Å². The molecule has 2 N–H and O–H groups in total. The Morgan fingerprint density at radius 3 is 2.78 bits per heavy atom. The van der Waals surface area contributed by atoms with Crippen LogP contribution in [0, 0.1) is 11.6 Å². The SMILES string of the molecule is O=C(O)c1cccc(-c2csc(Nc3cc(F)ccc3F)n2)c1. The van der Waals surface area contributed by atoms with Crippen LogP contribution in [0.15, 0.2) is 47.8 Å². The molecule has 23 heavy (non-hydrogen) atoms. The summed E-state index contributed by atoms with van der Waals surface area (Å²) in [5.41, 5.74) is 1.33. The van der Waals surface area contributed by atoms with Crippen molar-refractivity contribution in [3.05, 3.63) is 65.0 Å². The molecule has 0 fully saturated rings. The molecule has 4 nitrogen and oxygen atoms in total. The molecule has 0 amide bonds. The third-order valence-corrected chi connectivity index (χ3v) is 3.84. The summed E-state index contributed by atoms with van der Waals surface area (Å²) in [5.74, 6) is -2.17. The average Bonchev–Trinajstić information content (AvgIpc) is 3.00. The Hall–Kier alpha value is -2.80. The van der Waals surface area contributed by atoms with Crippen LogP contribution in [0.2, 0.25) is 0 Å². The van der Waals surface area contributed by atoms with E-state index in [2.05, 4.69) is 10.3 Å². The molecule has 0 radical (unpaired) electrons. The van der Waals surface area contributed by atoms with Crippen LogP contribution < -0.4 is 5.32 Å². The Morgan fingerprint density at radius 2 is 2.00 bits per heavy atom. The van der Waals surface area contributed by atoms with Crippen LogP contribution in [0.3, 0.4) is 0 Å². The van der Waals surface area contributed by atoms with Gasteiger partial charge in [-0.15, -0.1) is 11.3 Å². The molecule has 3 aromatic rings. The van der Waals surface area contributed by atoms with Crippen LogP contribution in [0.25, 0.3) is 11.3 Å². The van der Waals surface area contributed by atoms with E-state index in [1.54, 1.807) is 17.5 Å². The van der Waals surface area contributed by atoms with Gasteiger partial charge in [0.25, 0.3) is 0 Å². The summed E-state index contributed by atoms with van der Waals surface area (Å²) in [6.45, 7) is 0. The molecule has 1 heterocycles. The van der Waals surface area contributed by atoms with Gasteiger partial charge in [-0.3, -0.25) is 0 Å². The van der Waals surface area contributed by atoms with Crippen molar-refractivity contribution in [2.75, 3.05) is 5.32 Å². The zero-order valence-electron chi connectivity index (χ0n) is 11.6. The van der Waals surface area contributed by atoms with E-state index in [1.807, 2.05) is 0 Å². The standard InChI is InChI=1S/C16H10F2N2O2S/c17-11-4-5-12(18)13(7-11)19-16-20-14(8-23-16)9-2-1-3-10(6-9)15(21)22/h1-8H,(H,19,20)(H,21,22). The highest BCUT2D eigenvalue weighted by molar-refractivity contribution is 7.14. The largest absolute Gasteiger partial charge is 0.478 e. The van der Waals surface area contributed by atoms with Gasteiger partial charge in [-0.2, -0.15) is 0 Å². The quantitative estimate of drug-likeness (QED) is 0.737. The van der Waals surface area contributed by atoms with E-state index in [0.29, 0.717) is 16.4 Å². The first-order chi connectivity index (χ1) is 11.0. The third-order valence-electron chi connectivity index (χ3n) is 3.08. The number of carboxylic acid groups (broad SMARTS) is 1. The number of rotatable bonds is 4. The lowest BCUT2D eigenvalue weighted by Crippen LogP contribution is -1.96. The minimum Gasteiger partial charge on any atom is -0.478 e. The van der Waals surface area contributed by atoms with Crippen LogP contribution >= 0.6 is 11.3 Å². The molecule has 7 heteroatoms. The number of carbonyl (C=O) groups is 1. The van der Waals surface area contributed by atoms with E-state index in [1.165, 1.54) is 23.5 Å². The number of thiazole rings is 1. The molecule has 0 saturated carbocycles. The number of anilines is 2. The zero-order chi connectivity index (χ0) is 16.4. The van der Waals surface area contributed by atoms with Crippen molar-refractivity contribution in [3.63, 3.8) is 0 Å². The Balaban J connectivity index is 1.87. The molecule has 0 aliphatic heterocycles. The van der Waals surface area contributed by atoms with Crippen LogP contribution in [0.5, 0.6) is 0 Å². The number of aromatic nitrogens is 1. The van der Waals surface area contributed by atoms with Crippen LogP contribution in [0.1, 0.15) is 10.4 Å². The van der Waals surface area contributed by atoms with Gasteiger partial charge in [-0.1, -0.05) is 12.1 Å². The summed E-state index contributed by atoms with van der Waals surface area (Å²) >= 11 is 1.21. The first-order valence-electron chi connectivity index (χ1n) is 6.54. The maximum absolute atomic E-state index is 13.6. The van der Waals surface area contributed by atoms with Gasteiger partial charge < -0.3 is 10.4 Å². The highest BCUT2D eigenvalue weighted by Crippen LogP contribution is 2.28. The number of carboxylic acids is 1. The van der Waals surface area contributed by atoms with Crippen LogP contribution in [-0.2, 0) is 0 Å². The Labute approximate surface area is 134 Å². The topological polar surface area (TPSA) is 62.2 Å². The molecule has 0 bridgehead atoms. The summed E-state index contributed by atoms with van der Waals surface area (Å²) in [4.78, 5) is 15.3. The van der Waals surface area contributed by atoms with Gasteiger partial charge in [-0.25, -0.2) is 18.6 Å². The number of benzene rings is 2. The molecule has 0 atom stereocenters. The lowest BCUT2D eigenvalue weighted by molar-refractivity contribution is 0.0697. The molecule has 3 rings (SSSR count). The molecular weight excluding hydrogens is 322 g/mol.